The maximum Gasteiger partial charge on any atom is 0.314 e. The van der Waals surface area contributed by atoms with Crippen molar-refractivity contribution in [3.63, 3.8) is 0 Å². The number of primary amides is 1. The molecular weight excluding hydrogens is 294 g/mol. The van der Waals surface area contributed by atoms with Crippen LogP contribution < -0.4 is 10.5 Å². The molecule has 0 saturated carbocycles. The molecule has 2 aliphatic heterocycles. The van der Waals surface area contributed by atoms with Crippen LogP contribution in [0.1, 0.15) is 18.4 Å². The van der Waals surface area contributed by atoms with Crippen LogP contribution in [0.2, 0.25) is 0 Å². The number of aryl methyl sites for hydroxylation is 1. The fraction of sp³-hybridized carbons (Fsp3) is 0.529. The lowest BCUT2D eigenvalue weighted by molar-refractivity contribution is -0.145. The van der Waals surface area contributed by atoms with Crippen LogP contribution in [-0.4, -0.2) is 54.0 Å². The predicted molar refractivity (Wildman–Crippen MR) is 86.1 cm³/mol. The highest BCUT2D eigenvalue weighted by atomic mass is 16.5. The molecule has 124 valence electrons. The number of urea groups is 1. The standard InChI is InChI=1S/C17H23N3O3/c1-12-4-2-6-14(8-12)23-15-10-20(11-15)16(21)13-5-3-7-19(9-13)17(18)22/h2,4,6,8,13,15H,3,5,7,9-11H2,1H3,(H2,18,22). The number of carbonyl (C=O) groups is 2. The SMILES string of the molecule is Cc1cccc(OC2CN(C(=O)C3CCCN(C(N)=O)C3)C2)c1. The molecule has 1 unspecified atom stereocenters. The first-order valence-electron chi connectivity index (χ1n) is 8.09. The molecule has 23 heavy (non-hydrogen) atoms. The summed E-state index contributed by atoms with van der Waals surface area (Å²) in [6.07, 6.45) is 1.70. The van der Waals surface area contributed by atoms with Gasteiger partial charge in [-0.15, -0.1) is 0 Å². The summed E-state index contributed by atoms with van der Waals surface area (Å²) in [4.78, 5) is 27.1. The van der Waals surface area contributed by atoms with Gasteiger partial charge in [0.1, 0.15) is 11.9 Å². The molecule has 2 saturated heterocycles. The highest BCUT2D eigenvalue weighted by molar-refractivity contribution is 5.81. The first kappa shape index (κ1) is 15.6. The third-order valence-corrected chi connectivity index (χ3v) is 4.53. The van der Waals surface area contributed by atoms with E-state index in [-0.39, 0.29) is 17.9 Å². The van der Waals surface area contributed by atoms with E-state index in [1.807, 2.05) is 36.1 Å². The Morgan fingerprint density at radius 2 is 2.00 bits per heavy atom. The highest BCUT2D eigenvalue weighted by Crippen LogP contribution is 2.24. The van der Waals surface area contributed by atoms with Crippen molar-refractivity contribution >= 4 is 11.9 Å². The lowest BCUT2D eigenvalue weighted by Gasteiger charge is -2.42. The summed E-state index contributed by atoms with van der Waals surface area (Å²) in [5.41, 5.74) is 6.47. The Kier molecular flexibility index (Phi) is 4.41. The molecule has 6 nitrogen and oxygen atoms in total. The van der Waals surface area contributed by atoms with Crippen LogP contribution in [0.3, 0.4) is 0 Å². The summed E-state index contributed by atoms with van der Waals surface area (Å²) in [6, 6.07) is 7.48. The number of carbonyl (C=O) groups excluding carboxylic acids is 2. The number of rotatable bonds is 3. The van der Waals surface area contributed by atoms with Gasteiger partial charge in [0, 0.05) is 13.1 Å². The maximum atomic E-state index is 12.5. The van der Waals surface area contributed by atoms with Gasteiger partial charge in [-0.2, -0.15) is 0 Å². The fourth-order valence-electron chi connectivity index (χ4n) is 3.21. The second-order valence-electron chi connectivity index (χ2n) is 6.42. The van der Waals surface area contributed by atoms with Crippen molar-refractivity contribution < 1.29 is 14.3 Å². The van der Waals surface area contributed by atoms with Crippen molar-refractivity contribution in [1.29, 1.82) is 0 Å². The van der Waals surface area contributed by atoms with Crippen LogP contribution >= 0.6 is 0 Å². The van der Waals surface area contributed by atoms with Crippen molar-refractivity contribution in [1.82, 2.24) is 9.80 Å². The smallest absolute Gasteiger partial charge is 0.314 e. The van der Waals surface area contributed by atoms with Gasteiger partial charge in [0.25, 0.3) is 0 Å². The molecule has 0 aromatic heterocycles. The normalized spacial score (nSPS) is 21.7. The van der Waals surface area contributed by atoms with Gasteiger partial charge < -0.3 is 20.3 Å². The van der Waals surface area contributed by atoms with E-state index in [2.05, 4.69) is 0 Å². The molecule has 2 fully saturated rings. The number of ether oxygens (including phenoxy) is 1. The van der Waals surface area contributed by atoms with E-state index in [1.54, 1.807) is 4.90 Å². The average molecular weight is 317 g/mol. The fourth-order valence-corrected chi connectivity index (χ4v) is 3.21. The van der Waals surface area contributed by atoms with Crippen molar-refractivity contribution in [3.8, 4) is 5.75 Å². The van der Waals surface area contributed by atoms with Crippen LogP contribution in [0.4, 0.5) is 4.79 Å². The summed E-state index contributed by atoms with van der Waals surface area (Å²) in [5.74, 6) is 0.830. The summed E-state index contributed by atoms with van der Waals surface area (Å²) < 4.78 is 5.88. The monoisotopic (exact) mass is 317 g/mol. The van der Waals surface area contributed by atoms with Gasteiger partial charge >= 0.3 is 6.03 Å². The van der Waals surface area contributed by atoms with E-state index in [0.29, 0.717) is 26.2 Å². The number of piperidine rings is 1. The topological polar surface area (TPSA) is 75.9 Å². The molecule has 1 atom stereocenters. The molecule has 0 spiro atoms. The van der Waals surface area contributed by atoms with E-state index >= 15 is 0 Å². The van der Waals surface area contributed by atoms with Crippen molar-refractivity contribution in [2.45, 2.75) is 25.9 Å². The first-order valence-corrected chi connectivity index (χ1v) is 8.09. The molecule has 3 amide bonds. The van der Waals surface area contributed by atoms with Gasteiger partial charge in [0.2, 0.25) is 5.91 Å². The zero-order valence-corrected chi connectivity index (χ0v) is 13.4. The van der Waals surface area contributed by atoms with Crippen LogP contribution in [0.15, 0.2) is 24.3 Å². The van der Waals surface area contributed by atoms with Crippen molar-refractivity contribution in [3.05, 3.63) is 29.8 Å². The van der Waals surface area contributed by atoms with Gasteiger partial charge in [0.15, 0.2) is 0 Å². The van der Waals surface area contributed by atoms with Gasteiger partial charge in [-0.05, 0) is 37.5 Å². The van der Waals surface area contributed by atoms with Crippen LogP contribution in [-0.2, 0) is 4.79 Å². The Labute approximate surface area is 136 Å². The van der Waals surface area contributed by atoms with Gasteiger partial charge in [-0.3, -0.25) is 4.79 Å². The lowest BCUT2D eigenvalue weighted by Crippen LogP contribution is -2.59. The second kappa shape index (κ2) is 6.48. The molecule has 0 radical (unpaired) electrons. The molecule has 2 N–H and O–H groups in total. The van der Waals surface area contributed by atoms with Crippen LogP contribution in [0, 0.1) is 12.8 Å². The minimum absolute atomic E-state index is 0.0524. The molecular formula is C17H23N3O3. The van der Waals surface area contributed by atoms with E-state index < -0.39 is 6.03 Å². The quantitative estimate of drug-likeness (QED) is 0.915. The van der Waals surface area contributed by atoms with Gasteiger partial charge in [-0.1, -0.05) is 12.1 Å². The number of likely N-dealkylation sites (tertiary alicyclic amines) is 2. The minimum atomic E-state index is -0.438. The zero-order chi connectivity index (χ0) is 16.4. The number of nitrogens with two attached hydrogens (primary N) is 1. The van der Waals surface area contributed by atoms with Crippen molar-refractivity contribution in [2.24, 2.45) is 11.7 Å². The van der Waals surface area contributed by atoms with Crippen LogP contribution in [0.25, 0.3) is 0 Å². The number of hydrogen-bond donors (Lipinski definition) is 1. The summed E-state index contributed by atoms with van der Waals surface area (Å²) in [6.45, 7) is 4.34. The third-order valence-electron chi connectivity index (χ3n) is 4.53. The van der Waals surface area contributed by atoms with Gasteiger partial charge in [-0.25, -0.2) is 4.79 Å². The maximum absolute atomic E-state index is 12.5. The zero-order valence-electron chi connectivity index (χ0n) is 13.4. The second-order valence-corrected chi connectivity index (χ2v) is 6.42. The predicted octanol–water partition coefficient (Wildman–Crippen LogP) is 1.38. The number of benzene rings is 1. The molecule has 1 aromatic rings. The molecule has 2 aliphatic rings. The molecule has 2 heterocycles. The van der Waals surface area contributed by atoms with E-state index in [1.165, 1.54) is 0 Å². The Bertz CT molecular complexity index is 599. The highest BCUT2D eigenvalue weighted by Gasteiger charge is 2.37. The Morgan fingerprint density at radius 3 is 2.70 bits per heavy atom. The summed E-state index contributed by atoms with van der Waals surface area (Å²) in [5, 5.41) is 0. The minimum Gasteiger partial charge on any atom is -0.487 e. The van der Waals surface area contributed by atoms with E-state index in [9.17, 15) is 9.59 Å². The number of hydrogen-bond acceptors (Lipinski definition) is 3. The molecule has 0 aliphatic carbocycles. The molecule has 0 bridgehead atoms. The van der Waals surface area contributed by atoms with Crippen molar-refractivity contribution in [2.75, 3.05) is 26.2 Å². The third kappa shape index (κ3) is 3.57. The number of nitrogens with zero attached hydrogens (tertiary/aromatic N) is 2. The largest absolute Gasteiger partial charge is 0.487 e. The molecule has 1 aromatic carbocycles. The lowest BCUT2D eigenvalue weighted by atomic mass is 9.95. The van der Waals surface area contributed by atoms with Gasteiger partial charge in [0.05, 0.1) is 19.0 Å². The first-order chi connectivity index (χ1) is 11.0. The van der Waals surface area contributed by atoms with E-state index in [4.69, 9.17) is 10.5 Å². The van der Waals surface area contributed by atoms with E-state index in [0.717, 1.165) is 24.2 Å². The number of amides is 3. The summed E-state index contributed by atoms with van der Waals surface area (Å²) >= 11 is 0. The molecule has 6 heteroatoms. The Hall–Kier alpha value is -2.24. The Balaban J connectivity index is 1.49. The average Bonchev–Trinajstić information content (AvgIpc) is 2.50. The summed E-state index contributed by atoms with van der Waals surface area (Å²) in [7, 11) is 0. The Morgan fingerprint density at radius 1 is 1.22 bits per heavy atom. The van der Waals surface area contributed by atoms with Crippen LogP contribution in [0.5, 0.6) is 5.75 Å². The molecule has 3 rings (SSSR count).